The molecule has 0 spiro atoms. The number of piperidine rings is 1. The van der Waals surface area contributed by atoms with Gasteiger partial charge in [0.1, 0.15) is 28.7 Å². The zero-order valence-electron chi connectivity index (χ0n) is 21.2. The summed E-state index contributed by atoms with van der Waals surface area (Å²) in [6, 6.07) is 10.4. The highest BCUT2D eigenvalue weighted by molar-refractivity contribution is 7.92. The largest absolute Gasteiger partial charge is 0.356 e. The van der Waals surface area contributed by atoms with Crippen LogP contribution in [0.5, 0.6) is 0 Å². The number of fused-ring (bicyclic) bond motifs is 1. The molecule has 11 heteroatoms. The lowest BCUT2D eigenvalue weighted by Gasteiger charge is -2.37. The third-order valence-corrected chi connectivity index (χ3v) is 8.96. The summed E-state index contributed by atoms with van der Waals surface area (Å²) in [5.41, 5.74) is 2.46. The Morgan fingerprint density at radius 3 is 2.44 bits per heavy atom. The second-order valence-corrected chi connectivity index (χ2v) is 11.7. The highest BCUT2D eigenvalue weighted by Gasteiger charge is 2.27. The quantitative estimate of drug-likeness (QED) is 0.368. The van der Waals surface area contributed by atoms with Gasteiger partial charge in [-0.25, -0.2) is 27.2 Å². The van der Waals surface area contributed by atoms with Crippen LogP contribution in [0.2, 0.25) is 0 Å². The highest BCUT2D eigenvalue weighted by atomic mass is 32.2. The Labute approximate surface area is 225 Å². The SMILES string of the molecule is O=S(=O)(Nc1cncc(-c2ccc3ncnc(N4CCC(N5CCCC5)CC4)c3c2)c1)c1ccc(F)cc1F. The molecule has 2 aliphatic heterocycles. The number of aromatic nitrogens is 3. The molecule has 2 aromatic heterocycles. The lowest BCUT2D eigenvalue weighted by molar-refractivity contribution is 0.208. The van der Waals surface area contributed by atoms with Crippen molar-refractivity contribution in [3.63, 3.8) is 0 Å². The molecule has 8 nitrogen and oxygen atoms in total. The van der Waals surface area contributed by atoms with E-state index in [2.05, 4.69) is 29.5 Å². The van der Waals surface area contributed by atoms with Gasteiger partial charge < -0.3 is 9.80 Å². The molecule has 1 N–H and O–H groups in total. The molecule has 0 unspecified atom stereocenters. The predicted octanol–water partition coefficient (Wildman–Crippen LogP) is 4.84. The van der Waals surface area contributed by atoms with Crippen molar-refractivity contribution in [3.8, 4) is 11.1 Å². The summed E-state index contributed by atoms with van der Waals surface area (Å²) >= 11 is 0. The second-order valence-electron chi connectivity index (χ2n) is 10.0. The maximum absolute atomic E-state index is 14.1. The Morgan fingerprint density at radius 2 is 1.67 bits per heavy atom. The Balaban J connectivity index is 1.26. The number of benzene rings is 2. The van der Waals surface area contributed by atoms with E-state index in [9.17, 15) is 17.2 Å². The molecule has 202 valence electrons. The van der Waals surface area contributed by atoms with Crippen molar-refractivity contribution in [2.75, 3.05) is 35.8 Å². The first-order chi connectivity index (χ1) is 18.9. The zero-order chi connectivity index (χ0) is 27.0. The molecule has 4 aromatic rings. The van der Waals surface area contributed by atoms with Gasteiger partial charge >= 0.3 is 0 Å². The second kappa shape index (κ2) is 10.5. The van der Waals surface area contributed by atoms with Gasteiger partial charge in [0.15, 0.2) is 0 Å². The number of hydrogen-bond donors (Lipinski definition) is 1. The Kier molecular flexibility index (Phi) is 6.86. The molecule has 2 saturated heterocycles. The molecule has 0 saturated carbocycles. The Morgan fingerprint density at radius 1 is 0.872 bits per heavy atom. The number of sulfonamides is 1. The maximum atomic E-state index is 14.1. The van der Waals surface area contributed by atoms with E-state index >= 15 is 0 Å². The zero-order valence-corrected chi connectivity index (χ0v) is 22.0. The third-order valence-electron chi connectivity index (χ3n) is 7.54. The van der Waals surface area contributed by atoms with Gasteiger partial charge in [0.05, 0.1) is 17.4 Å². The van der Waals surface area contributed by atoms with Crippen LogP contribution in [0.3, 0.4) is 0 Å². The summed E-state index contributed by atoms with van der Waals surface area (Å²) in [5.74, 6) is -1.14. The van der Waals surface area contributed by atoms with E-state index in [-0.39, 0.29) is 5.69 Å². The maximum Gasteiger partial charge on any atom is 0.264 e. The van der Waals surface area contributed by atoms with E-state index in [1.807, 2.05) is 18.2 Å². The van der Waals surface area contributed by atoms with Crippen LogP contribution in [0.15, 0.2) is 66.1 Å². The first-order valence-electron chi connectivity index (χ1n) is 13.0. The topological polar surface area (TPSA) is 91.3 Å². The van der Waals surface area contributed by atoms with Crippen molar-refractivity contribution in [3.05, 3.63) is 72.8 Å². The summed E-state index contributed by atoms with van der Waals surface area (Å²) in [4.78, 5) is 17.6. The average Bonchev–Trinajstić information content (AvgIpc) is 3.47. The number of anilines is 2. The molecule has 0 radical (unpaired) electrons. The fourth-order valence-electron chi connectivity index (χ4n) is 5.58. The number of likely N-dealkylation sites (tertiary alicyclic amines) is 1. The fraction of sp³-hybridized carbons (Fsp3) is 0.321. The van der Waals surface area contributed by atoms with Crippen molar-refractivity contribution in [1.29, 1.82) is 0 Å². The number of nitrogens with one attached hydrogen (secondary N) is 1. The number of nitrogens with zero attached hydrogens (tertiary/aromatic N) is 5. The summed E-state index contributed by atoms with van der Waals surface area (Å²) < 4.78 is 55.3. The smallest absolute Gasteiger partial charge is 0.264 e. The van der Waals surface area contributed by atoms with E-state index in [4.69, 9.17) is 0 Å². The monoisotopic (exact) mass is 550 g/mol. The van der Waals surface area contributed by atoms with Gasteiger partial charge in [-0.05, 0) is 74.7 Å². The van der Waals surface area contributed by atoms with Crippen LogP contribution in [-0.2, 0) is 10.0 Å². The van der Waals surface area contributed by atoms with Crippen molar-refractivity contribution in [2.24, 2.45) is 0 Å². The van der Waals surface area contributed by atoms with Crippen LogP contribution in [0.1, 0.15) is 25.7 Å². The number of halogens is 2. The molecule has 4 heterocycles. The molecule has 2 fully saturated rings. The molecule has 0 aliphatic carbocycles. The third kappa shape index (κ3) is 5.28. The summed E-state index contributed by atoms with van der Waals surface area (Å²) in [5, 5.41) is 0.911. The molecule has 2 aliphatic rings. The lowest BCUT2D eigenvalue weighted by Crippen LogP contribution is -2.44. The first-order valence-corrected chi connectivity index (χ1v) is 14.5. The molecular weight excluding hydrogens is 522 g/mol. The van der Waals surface area contributed by atoms with Crippen LogP contribution < -0.4 is 9.62 Å². The Hall–Kier alpha value is -3.70. The van der Waals surface area contributed by atoms with Crippen LogP contribution in [0.25, 0.3) is 22.0 Å². The minimum atomic E-state index is -4.29. The molecule has 0 atom stereocenters. The number of rotatable bonds is 6. The van der Waals surface area contributed by atoms with Crippen LogP contribution in [0, 0.1) is 11.6 Å². The minimum Gasteiger partial charge on any atom is -0.356 e. The average molecular weight is 551 g/mol. The van der Waals surface area contributed by atoms with E-state index in [0.29, 0.717) is 17.7 Å². The molecule has 2 aromatic carbocycles. The van der Waals surface area contributed by atoms with Crippen LogP contribution in [0.4, 0.5) is 20.3 Å². The van der Waals surface area contributed by atoms with Crippen LogP contribution in [-0.4, -0.2) is 60.5 Å². The van der Waals surface area contributed by atoms with Crippen LogP contribution >= 0.6 is 0 Å². The summed E-state index contributed by atoms with van der Waals surface area (Å²) in [6.45, 7) is 4.26. The van der Waals surface area contributed by atoms with Gasteiger partial charge in [-0.3, -0.25) is 9.71 Å². The summed E-state index contributed by atoms with van der Waals surface area (Å²) in [7, 11) is -4.29. The van der Waals surface area contributed by atoms with Crippen molar-refractivity contribution < 1.29 is 17.2 Å². The normalized spacial score (nSPS) is 17.1. The van der Waals surface area contributed by atoms with Gasteiger partial charge in [-0.1, -0.05) is 6.07 Å². The molecule has 0 amide bonds. The van der Waals surface area contributed by atoms with Gasteiger partial charge in [0.2, 0.25) is 0 Å². The fourth-order valence-corrected chi connectivity index (χ4v) is 6.68. The first kappa shape index (κ1) is 25.6. The standard InChI is InChI=1S/C28H28F2N6O2S/c29-21-4-6-27(25(30)15-21)39(37,38)34-22-13-20(16-31-17-22)19-3-5-26-24(14-19)28(33-18-32-26)36-11-7-23(8-12-36)35-9-1-2-10-35/h3-6,13-18,23,34H,1-2,7-12H2. The molecule has 6 rings (SSSR count). The van der Waals surface area contributed by atoms with Gasteiger partial charge in [0.25, 0.3) is 10.0 Å². The highest BCUT2D eigenvalue weighted by Crippen LogP contribution is 2.32. The molecule has 39 heavy (non-hydrogen) atoms. The van der Waals surface area contributed by atoms with E-state index in [1.54, 1.807) is 18.6 Å². The molecular formula is C28H28F2N6O2S. The van der Waals surface area contributed by atoms with E-state index < -0.39 is 26.6 Å². The van der Waals surface area contributed by atoms with Crippen molar-refractivity contribution in [1.82, 2.24) is 19.9 Å². The van der Waals surface area contributed by atoms with Gasteiger partial charge in [0, 0.05) is 42.3 Å². The number of hydrogen-bond acceptors (Lipinski definition) is 7. The molecule has 0 bridgehead atoms. The van der Waals surface area contributed by atoms with Crippen molar-refractivity contribution >= 4 is 32.4 Å². The lowest BCUT2D eigenvalue weighted by atomic mass is 10.0. The van der Waals surface area contributed by atoms with Crippen molar-refractivity contribution in [2.45, 2.75) is 36.6 Å². The van der Waals surface area contributed by atoms with Gasteiger partial charge in [-0.15, -0.1) is 0 Å². The number of pyridine rings is 1. The van der Waals surface area contributed by atoms with E-state index in [0.717, 1.165) is 60.3 Å². The van der Waals surface area contributed by atoms with Gasteiger partial charge in [-0.2, -0.15) is 0 Å². The van der Waals surface area contributed by atoms with E-state index in [1.165, 1.54) is 32.1 Å². The Bertz CT molecular complexity index is 1620. The summed E-state index contributed by atoms with van der Waals surface area (Å²) in [6.07, 6.45) is 9.35. The minimum absolute atomic E-state index is 0.157. The predicted molar refractivity (Wildman–Crippen MR) is 146 cm³/mol.